The fourth-order valence-corrected chi connectivity index (χ4v) is 4.37. The number of aryl methyl sites for hydroxylation is 1. The molecule has 1 saturated heterocycles. The predicted octanol–water partition coefficient (Wildman–Crippen LogP) is 3.20. The van der Waals surface area contributed by atoms with Gasteiger partial charge in [-0.3, -0.25) is 4.79 Å². The normalized spacial score (nSPS) is 17.3. The van der Waals surface area contributed by atoms with Gasteiger partial charge >= 0.3 is 0 Å². The van der Waals surface area contributed by atoms with E-state index < -0.39 is 0 Å². The first-order chi connectivity index (χ1) is 12.7. The average molecular weight is 355 g/mol. The molecule has 1 amide bonds. The van der Waals surface area contributed by atoms with Crippen LogP contribution in [-0.2, 0) is 13.0 Å². The molecule has 26 heavy (non-hydrogen) atoms. The van der Waals surface area contributed by atoms with Crippen molar-refractivity contribution in [2.45, 2.75) is 51.6 Å². The first kappa shape index (κ1) is 17.4. The Morgan fingerprint density at radius 3 is 2.92 bits per heavy atom. The smallest absolute Gasteiger partial charge is 0.259 e. The number of nitrogens with one attached hydrogen (secondary N) is 1. The molecule has 1 N–H and O–H groups in total. The van der Waals surface area contributed by atoms with Gasteiger partial charge in [-0.25, -0.2) is 0 Å². The maximum Gasteiger partial charge on any atom is 0.259 e. The van der Waals surface area contributed by atoms with Crippen molar-refractivity contribution < 1.29 is 9.53 Å². The van der Waals surface area contributed by atoms with E-state index in [9.17, 15) is 4.79 Å². The Hall–Kier alpha value is -2.01. The Morgan fingerprint density at radius 2 is 2.15 bits per heavy atom. The van der Waals surface area contributed by atoms with Crippen molar-refractivity contribution in [2.24, 2.45) is 0 Å². The van der Waals surface area contributed by atoms with Crippen LogP contribution in [0.25, 0.3) is 10.9 Å². The number of nitrogens with zero attached hydrogens (tertiary/aromatic N) is 2. The van der Waals surface area contributed by atoms with Gasteiger partial charge in [-0.1, -0.05) is 25.5 Å². The quantitative estimate of drug-likeness (QED) is 0.896. The lowest BCUT2D eigenvalue weighted by Gasteiger charge is -2.31. The number of piperidine rings is 1. The van der Waals surface area contributed by atoms with Gasteiger partial charge in [-0.05, 0) is 50.4 Å². The molecule has 140 valence electrons. The molecule has 0 saturated carbocycles. The summed E-state index contributed by atoms with van der Waals surface area (Å²) in [6.07, 6.45) is 5.32. The van der Waals surface area contributed by atoms with E-state index in [1.165, 1.54) is 5.56 Å². The number of hydrogen-bond acceptors (Lipinski definition) is 3. The summed E-state index contributed by atoms with van der Waals surface area (Å²) in [5.74, 6) is 0.885. The van der Waals surface area contributed by atoms with Gasteiger partial charge < -0.3 is 19.5 Å². The monoisotopic (exact) mass is 355 g/mol. The molecule has 2 aromatic rings. The number of hydrogen-bond donors (Lipinski definition) is 1. The number of ether oxygens (including phenoxy) is 1. The number of benzene rings is 1. The van der Waals surface area contributed by atoms with Crippen LogP contribution in [0, 0.1) is 0 Å². The Balaban J connectivity index is 1.78. The first-order valence-electron chi connectivity index (χ1n) is 9.97. The molecular weight excluding hydrogens is 326 g/mol. The minimum absolute atomic E-state index is 0.112. The minimum Gasteiger partial charge on any atom is -0.476 e. The largest absolute Gasteiger partial charge is 0.476 e. The molecule has 1 aromatic carbocycles. The van der Waals surface area contributed by atoms with Crippen LogP contribution in [0.5, 0.6) is 5.88 Å². The summed E-state index contributed by atoms with van der Waals surface area (Å²) >= 11 is 0. The predicted molar refractivity (Wildman–Crippen MR) is 104 cm³/mol. The molecule has 0 bridgehead atoms. The summed E-state index contributed by atoms with van der Waals surface area (Å²) in [6, 6.07) is 6.72. The van der Waals surface area contributed by atoms with Gasteiger partial charge in [0, 0.05) is 18.5 Å². The molecule has 2 aliphatic heterocycles. The third-order valence-electron chi connectivity index (χ3n) is 5.87. The molecule has 5 heteroatoms. The van der Waals surface area contributed by atoms with Crippen LogP contribution in [0.2, 0.25) is 0 Å². The van der Waals surface area contributed by atoms with Gasteiger partial charge in [0.1, 0.15) is 12.2 Å². The van der Waals surface area contributed by atoms with E-state index in [1.807, 2.05) is 11.9 Å². The molecule has 3 heterocycles. The number of aromatic nitrogens is 1. The first-order valence-corrected chi connectivity index (χ1v) is 9.97. The van der Waals surface area contributed by atoms with E-state index in [1.54, 1.807) is 0 Å². The third kappa shape index (κ3) is 2.88. The van der Waals surface area contributed by atoms with Crippen molar-refractivity contribution in [3.63, 3.8) is 0 Å². The zero-order chi connectivity index (χ0) is 18.1. The van der Waals surface area contributed by atoms with Crippen molar-refractivity contribution >= 4 is 16.8 Å². The maximum atomic E-state index is 13.5. The number of unbranched alkanes of at least 4 members (excludes halogenated alkanes) is 1. The fourth-order valence-electron chi connectivity index (χ4n) is 4.37. The van der Waals surface area contributed by atoms with Crippen LogP contribution in [0.4, 0.5) is 0 Å². The molecule has 5 nitrogen and oxygen atoms in total. The standard InChI is InChI=1S/C21H29N3O2/c1-3-4-6-15-7-5-8-17-18(15)19(21-24(17)13-14-26-21)20(25)23(2)16-9-11-22-12-10-16/h5,7-8,16,22H,3-4,6,9-14H2,1-2H3. The third-order valence-corrected chi connectivity index (χ3v) is 5.87. The van der Waals surface area contributed by atoms with Crippen LogP contribution in [0.3, 0.4) is 0 Å². The van der Waals surface area contributed by atoms with E-state index in [-0.39, 0.29) is 5.91 Å². The van der Waals surface area contributed by atoms with Gasteiger partial charge in [0.05, 0.1) is 12.1 Å². The number of rotatable bonds is 5. The van der Waals surface area contributed by atoms with E-state index in [2.05, 4.69) is 35.0 Å². The number of carbonyl (C=O) groups excluding carboxylic acids is 1. The van der Waals surface area contributed by atoms with Crippen LogP contribution in [0.1, 0.15) is 48.5 Å². The second-order valence-electron chi connectivity index (χ2n) is 7.49. The molecule has 0 atom stereocenters. The highest BCUT2D eigenvalue weighted by Crippen LogP contribution is 2.38. The highest BCUT2D eigenvalue weighted by molar-refractivity contribution is 6.11. The fraction of sp³-hybridized carbons (Fsp3) is 0.571. The highest BCUT2D eigenvalue weighted by Gasteiger charge is 2.32. The van der Waals surface area contributed by atoms with Crippen molar-refractivity contribution in [3.05, 3.63) is 29.3 Å². The molecule has 1 aromatic heterocycles. The van der Waals surface area contributed by atoms with E-state index in [0.717, 1.165) is 74.1 Å². The number of amides is 1. The van der Waals surface area contributed by atoms with E-state index in [4.69, 9.17) is 4.74 Å². The van der Waals surface area contributed by atoms with Gasteiger partial charge in [-0.15, -0.1) is 0 Å². The molecule has 0 unspecified atom stereocenters. The van der Waals surface area contributed by atoms with Crippen molar-refractivity contribution in [3.8, 4) is 5.88 Å². The summed E-state index contributed by atoms with van der Waals surface area (Å²) in [5, 5.41) is 4.49. The van der Waals surface area contributed by atoms with Gasteiger partial charge in [0.2, 0.25) is 5.88 Å². The lowest BCUT2D eigenvalue weighted by Crippen LogP contribution is -2.44. The average Bonchev–Trinajstić information content (AvgIpc) is 3.27. The van der Waals surface area contributed by atoms with Crippen molar-refractivity contribution in [1.82, 2.24) is 14.8 Å². The highest BCUT2D eigenvalue weighted by atomic mass is 16.5. The topological polar surface area (TPSA) is 46.5 Å². The molecule has 4 rings (SSSR count). The molecule has 0 aliphatic carbocycles. The maximum absolute atomic E-state index is 13.5. The van der Waals surface area contributed by atoms with Crippen molar-refractivity contribution in [2.75, 3.05) is 26.7 Å². The second-order valence-corrected chi connectivity index (χ2v) is 7.49. The minimum atomic E-state index is 0.112. The Kier molecular flexibility index (Phi) is 4.90. The summed E-state index contributed by atoms with van der Waals surface area (Å²) < 4.78 is 8.12. The lowest BCUT2D eigenvalue weighted by molar-refractivity contribution is 0.0701. The summed E-state index contributed by atoms with van der Waals surface area (Å²) in [6.45, 7) is 5.65. The number of carbonyl (C=O) groups is 1. The zero-order valence-electron chi connectivity index (χ0n) is 15.9. The van der Waals surface area contributed by atoms with Crippen LogP contribution in [0.15, 0.2) is 18.2 Å². The Labute approximate surface area is 155 Å². The molecule has 1 fully saturated rings. The molecular formula is C21H29N3O2. The SMILES string of the molecule is CCCCc1cccc2c1c(C(=O)N(C)C1CCNCC1)c1n2CCO1. The van der Waals surface area contributed by atoms with Gasteiger partial charge in [0.15, 0.2) is 0 Å². The van der Waals surface area contributed by atoms with E-state index in [0.29, 0.717) is 12.6 Å². The van der Waals surface area contributed by atoms with Crippen molar-refractivity contribution in [1.29, 1.82) is 0 Å². The lowest BCUT2D eigenvalue weighted by atomic mass is 9.99. The molecule has 0 radical (unpaired) electrons. The Morgan fingerprint density at radius 1 is 1.35 bits per heavy atom. The summed E-state index contributed by atoms with van der Waals surface area (Å²) in [7, 11) is 1.96. The van der Waals surface area contributed by atoms with Gasteiger partial charge in [-0.2, -0.15) is 0 Å². The zero-order valence-corrected chi connectivity index (χ0v) is 15.9. The summed E-state index contributed by atoms with van der Waals surface area (Å²) in [4.78, 5) is 15.5. The van der Waals surface area contributed by atoms with Crippen LogP contribution in [-0.4, -0.2) is 48.2 Å². The second kappa shape index (κ2) is 7.31. The van der Waals surface area contributed by atoms with Gasteiger partial charge in [0.25, 0.3) is 5.91 Å². The van der Waals surface area contributed by atoms with E-state index >= 15 is 0 Å². The van der Waals surface area contributed by atoms with Crippen LogP contribution < -0.4 is 10.1 Å². The van der Waals surface area contributed by atoms with Crippen LogP contribution >= 0.6 is 0 Å². The Bertz CT molecular complexity index is 805. The molecule has 2 aliphatic rings. The number of fused-ring (bicyclic) bond motifs is 3. The summed E-state index contributed by atoms with van der Waals surface area (Å²) in [5.41, 5.74) is 3.20. The molecule has 0 spiro atoms.